The normalized spacial score (nSPS) is 16.7. The molecule has 0 amide bonds. The van der Waals surface area contributed by atoms with Crippen molar-refractivity contribution in [1.29, 1.82) is 0 Å². The van der Waals surface area contributed by atoms with E-state index in [2.05, 4.69) is 17.0 Å². The number of rotatable bonds is 7. The molecule has 0 unspecified atom stereocenters. The van der Waals surface area contributed by atoms with Crippen LogP contribution in [0.25, 0.3) is 0 Å². The molecule has 0 radical (unpaired) electrons. The molecule has 1 atom stereocenters. The molecule has 144 valence electrons. The van der Waals surface area contributed by atoms with E-state index in [1.165, 1.54) is 18.1 Å². The van der Waals surface area contributed by atoms with Gasteiger partial charge >= 0.3 is 5.97 Å². The summed E-state index contributed by atoms with van der Waals surface area (Å²) >= 11 is 0. The highest BCUT2D eigenvalue weighted by Crippen LogP contribution is 2.34. The van der Waals surface area contributed by atoms with Crippen molar-refractivity contribution >= 4 is 5.97 Å². The van der Waals surface area contributed by atoms with Crippen LogP contribution >= 0.6 is 0 Å². The minimum atomic E-state index is -0.961. The lowest BCUT2D eigenvalue weighted by Crippen LogP contribution is -2.32. The average Bonchev–Trinajstić information content (AvgIpc) is 2.70. The molecule has 0 aromatic heterocycles. The zero-order valence-corrected chi connectivity index (χ0v) is 15.9. The van der Waals surface area contributed by atoms with Gasteiger partial charge in [0, 0.05) is 6.54 Å². The number of hydrogen-bond acceptors (Lipinski definition) is 4. The van der Waals surface area contributed by atoms with Crippen LogP contribution in [-0.2, 0) is 11.3 Å². The fraction of sp³-hybridized carbons (Fsp3) is 0.409. The maximum atomic E-state index is 10.9. The molecule has 2 aromatic rings. The molecular weight excluding hydrogens is 342 g/mol. The van der Waals surface area contributed by atoms with Crippen molar-refractivity contribution in [2.75, 3.05) is 20.2 Å². The molecule has 1 saturated heterocycles. The van der Waals surface area contributed by atoms with Crippen molar-refractivity contribution in [3.63, 3.8) is 0 Å². The maximum absolute atomic E-state index is 10.9. The molecule has 0 spiro atoms. The van der Waals surface area contributed by atoms with Gasteiger partial charge in [0.15, 0.2) is 6.10 Å². The summed E-state index contributed by atoms with van der Waals surface area (Å²) in [5.41, 5.74) is 2.52. The van der Waals surface area contributed by atoms with Crippen molar-refractivity contribution in [2.24, 2.45) is 0 Å². The predicted octanol–water partition coefficient (Wildman–Crippen LogP) is 3.93. The lowest BCUT2D eigenvalue weighted by atomic mass is 9.88. The Kier molecular flexibility index (Phi) is 6.35. The molecule has 1 N–H and O–H groups in total. The SMILES string of the molecule is COc1ccccc1C1CCN(Cc2ccc(O[C@H](C)C(=O)O)cc2)CC1. The van der Waals surface area contributed by atoms with Crippen LogP contribution < -0.4 is 9.47 Å². The van der Waals surface area contributed by atoms with Gasteiger partial charge in [-0.25, -0.2) is 4.79 Å². The fourth-order valence-corrected chi connectivity index (χ4v) is 3.59. The Morgan fingerprint density at radius 1 is 1.15 bits per heavy atom. The van der Waals surface area contributed by atoms with Crippen LogP contribution in [0.15, 0.2) is 48.5 Å². The van der Waals surface area contributed by atoms with Crippen molar-refractivity contribution in [2.45, 2.75) is 38.3 Å². The molecule has 1 aliphatic heterocycles. The minimum absolute atomic E-state index is 0.547. The van der Waals surface area contributed by atoms with Gasteiger partial charge in [0.25, 0.3) is 0 Å². The number of carboxylic acids is 1. The number of methoxy groups -OCH3 is 1. The monoisotopic (exact) mass is 369 g/mol. The van der Waals surface area contributed by atoms with Gasteiger partial charge < -0.3 is 14.6 Å². The highest BCUT2D eigenvalue weighted by atomic mass is 16.5. The third-order valence-corrected chi connectivity index (χ3v) is 5.16. The van der Waals surface area contributed by atoms with Gasteiger partial charge in [0.05, 0.1) is 7.11 Å². The van der Waals surface area contributed by atoms with Crippen LogP contribution in [0, 0.1) is 0 Å². The Balaban J connectivity index is 1.52. The summed E-state index contributed by atoms with van der Waals surface area (Å²) < 4.78 is 10.9. The van der Waals surface area contributed by atoms with Crippen molar-refractivity contribution in [3.8, 4) is 11.5 Å². The van der Waals surface area contributed by atoms with E-state index in [1.54, 1.807) is 7.11 Å². The summed E-state index contributed by atoms with van der Waals surface area (Å²) in [5.74, 6) is 1.16. The number of carbonyl (C=O) groups is 1. The van der Waals surface area contributed by atoms with Crippen LogP contribution in [0.3, 0.4) is 0 Å². The summed E-state index contributed by atoms with van der Waals surface area (Å²) in [7, 11) is 1.73. The number of ether oxygens (including phenoxy) is 2. The molecule has 2 aromatic carbocycles. The molecule has 0 aliphatic carbocycles. The lowest BCUT2D eigenvalue weighted by Gasteiger charge is -2.32. The number of piperidine rings is 1. The number of aliphatic carboxylic acids is 1. The van der Waals surface area contributed by atoms with E-state index in [0.717, 1.165) is 38.2 Å². The standard InChI is InChI=1S/C22H27NO4/c1-16(22(24)25)27-19-9-7-17(8-10-19)15-23-13-11-18(12-14-23)20-5-3-4-6-21(20)26-2/h3-10,16,18H,11-15H2,1-2H3,(H,24,25)/t16-/m1/s1. The van der Waals surface area contributed by atoms with Crippen molar-refractivity contribution in [1.82, 2.24) is 4.90 Å². The third-order valence-electron chi connectivity index (χ3n) is 5.16. The molecular formula is C22H27NO4. The maximum Gasteiger partial charge on any atom is 0.344 e. The van der Waals surface area contributed by atoms with Gasteiger partial charge in [-0.2, -0.15) is 0 Å². The Labute approximate surface area is 160 Å². The Bertz CT molecular complexity index is 751. The number of hydrogen-bond donors (Lipinski definition) is 1. The van der Waals surface area contributed by atoms with Gasteiger partial charge in [0.1, 0.15) is 11.5 Å². The highest BCUT2D eigenvalue weighted by Gasteiger charge is 2.23. The zero-order valence-electron chi connectivity index (χ0n) is 15.9. The largest absolute Gasteiger partial charge is 0.496 e. The van der Waals surface area contributed by atoms with E-state index >= 15 is 0 Å². The average molecular weight is 369 g/mol. The summed E-state index contributed by atoms with van der Waals surface area (Å²) in [4.78, 5) is 13.3. The van der Waals surface area contributed by atoms with E-state index in [0.29, 0.717) is 11.7 Å². The van der Waals surface area contributed by atoms with Gasteiger partial charge in [-0.1, -0.05) is 30.3 Å². The lowest BCUT2D eigenvalue weighted by molar-refractivity contribution is -0.144. The summed E-state index contributed by atoms with van der Waals surface area (Å²) in [6.45, 7) is 4.53. The molecule has 1 fully saturated rings. The summed E-state index contributed by atoms with van der Waals surface area (Å²) in [6, 6.07) is 16.0. The number of para-hydroxylation sites is 1. The van der Waals surface area contributed by atoms with Gasteiger partial charge in [-0.15, -0.1) is 0 Å². The first kappa shape index (κ1) is 19.2. The first-order valence-corrected chi connectivity index (χ1v) is 9.40. The molecule has 1 aliphatic rings. The van der Waals surface area contributed by atoms with Crippen LogP contribution in [0.2, 0.25) is 0 Å². The van der Waals surface area contributed by atoms with Gasteiger partial charge in [-0.05, 0) is 68.1 Å². The molecule has 1 heterocycles. The van der Waals surface area contributed by atoms with Crippen LogP contribution in [0.4, 0.5) is 0 Å². The van der Waals surface area contributed by atoms with E-state index < -0.39 is 12.1 Å². The second kappa shape index (κ2) is 8.91. The van der Waals surface area contributed by atoms with Crippen LogP contribution in [0.1, 0.15) is 36.8 Å². The quantitative estimate of drug-likeness (QED) is 0.801. The molecule has 27 heavy (non-hydrogen) atoms. The van der Waals surface area contributed by atoms with Crippen molar-refractivity contribution in [3.05, 3.63) is 59.7 Å². The Morgan fingerprint density at radius 2 is 1.81 bits per heavy atom. The van der Waals surface area contributed by atoms with Crippen LogP contribution in [0.5, 0.6) is 11.5 Å². The van der Waals surface area contributed by atoms with Gasteiger partial charge in [0.2, 0.25) is 0 Å². The summed E-state index contributed by atoms with van der Waals surface area (Å²) in [5, 5.41) is 8.91. The smallest absolute Gasteiger partial charge is 0.344 e. The molecule has 0 bridgehead atoms. The van der Waals surface area contributed by atoms with Gasteiger partial charge in [-0.3, -0.25) is 4.90 Å². The first-order chi connectivity index (χ1) is 13.1. The first-order valence-electron chi connectivity index (χ1n) is 9.40. The molecule has 5 heteroatoms. The predicted molar refractivity (Wildman–Crippen MR) is 104 cm³/mol. The summed E-state index contributed by atoms with van der Waals surface area (Å²) in [6.07, 6.45) is 1.40. The zero-order chi connectivity index (χ0) is 19.2. The number of likely N-dealkylation sites (tertiary alicyclic amines) is 1. The number of nitrogens with zero attached hydrogens (tertiary/aromatic N) is 1. The second-order valence-electron chi connectivity index (χ2n) is 7.03. The Hall–Kier alpha value is -2.53. The van der Waals surface area contributed by atoms with Crippen LogP contribution in [-0.4, -0.2) is 42.3 Å². The van der Waals surface area contributed by atoms with E-state index in [4.69, 9.17) is 14.6 Å². The van der Waals surface area contributed by atoms with E-state index in [1.807, 2.05) is 36.4 Å². The number of benzene rings is 2. The van der Waals surface area contributed by atoms with E-state index in [-0.39, 0.29) is 0 Å². The molecule has 0 saturated carbocycles. The third kappa shape index (κ3) is 5.01. The molecule has 3 rings (SSSR count). The highest BCUT2D eigenvalue weighted by molar-refractivity contribution is 5.72. The fourth-order valence-electron chi connectivity index (χ4n) is 3.59. The van der Waals surface area contributed by atoms with Crippen molar-refractivity contribution < 1.29 is 19.4 Å². The number of carboxylic acid groups (broad SMARTS) is 1. The second-order valence-corrected chi connectivity index (χ2v) is 7.03. The Morgan fingerprint density at radius 3 is 2.44 bits per heavy atom. The minimum Gasteiger partial charge on any atom is -0.496 e. The molecule has 5 nitrogen and oxygen atoms in total. The van der Waals surface area contributed by atoms with E-state index in [9.17, 15) is 4.79 Å². The topological polar surface area (TPSA) is 59.0 Å².